The molecule has 2 N–H and O–H groups in total. The van der Waals surface area contributed by atoms with E-state index < -0.39 is 17.4 Å². The number of nitrogens with one attached hydrogen (secondary N) is 1. The van der Waals surface area contributed by atoms with Gasteiger partial charge in [0.05, 0.1) is 11.5 Å². The largest absolute Gasteiger partial charge is 0.481 e. The van der Waals surface area contributed by atoms with Gasteiger partial charge in [0.2, 0.25) is 5.91 Å². The van der Waals surface area contributed by atoms with E-state index in [-0.39, 0.29) is 11.9 Å². The molecule has 1 heterocycles. The zero-order valence-corrected chi connectivity index (χ0v) is 9.69. The highest BCUT2D eigenvalue weighted by Gasteiger charge is 2.43. The molecule has 0 spiro atoms. The minimum Gasteiger partial charge on any atom is -0.481 e. The molecule has 1 aliphatic carbocycles. The van der Waals surface area contributed by atoms with Gasteiger partial charge in [0.15, 0.2) is 0 Å². The Kier molecular flexibility index (Phi) is 2.66. The average Bonchev–Trinajstić information content (AvgIpc) is 2.99. The first kappa shape index (κ1) is 11.4. The summed E-state index contributed by atoms with van der Waals surface area (Å²) < 4.78 is 0. The number of amides is 1. The summed E-state index contributed by atoms with van der Waals surface area (Å²) in [7, 11) is 0. The van der Waals surface area contributed by atoms with Crippen molar-refractivity contribution in [3.05, 3.63) is 0 Å². The van der Waals surface area contributed by atoms with E-state index in [1.54, 1.807) is 4.90 Å². The lowest BCUT2D eigenvalue weighted by Gasteiger charge is -2.29. The average molecular weight is 226 g/mol. The lowest BCUT2D eigenvalue weighted by atomic mass is 10.0. The normalized spacial score (nSPS) is 30.0. The summed E-state index contributed by atoms with van der Waals surface area (Å²) in [6.45, 7) is 4.33. The van der Waals surface area contributed by atoms with Crippen molar-refractivity contribution in [3.8, 4) is 0 Å². The van der Waals surface area contributed by atoms with Crippen molar-refractivity contribution in [2.45, 2.75) is 38.3 Å². The maximum Gasteiger partial charge on any atom is 0.309 e. The van der Waals surface area contributed by atoms with Crippen LogP contribution < -0.4 is 5.32 Å². The predicted molar refractivity (Wildman–Crippen MR) is 57.9 cm³/mol. The molecule has 1 unspecified atom stereocenters. The molecule has 0 aromatic heterocycles. The predicted octanol–water partition coefficient (Wildman–Crippen LogP) is 0.0600. The van der Waals surface area contributed by atoms with Crippen LogP contribution >= 0.6 is 0 Å². The molecule has 2 fully saturated rings. The van der Waals surface area contributed by atoms with Gasteiger partial charge in [-0.2, -0.15) is 0 Å². The van der Waals surface area contributed by atoms with Gasteiger partial charge in [0.1, 0.15) is 0 Å². The lowest BCUT2D eigenvalue weighted by molar-refractivity contribution is -0.143. The summed E-state index contributed by atoms with van der Waals surface area (Å²) in [6.07, 6.45) is 2.02. The quantitative estimate of drug-likeness (QED) is 0.698. The number of carbonyl (C=O) groups excluding carboxylic acids is 1. The van der Waals surface area contributed by atoms with Gasteiger partial charge in [-0.25, -0.2) is 0 Å². The van der Waals surface area contributed by atoms with Crippen molar-refractivity contribution >= 4 is 11.9 Å². The van der Waals surface area contributed by atoms with Gasteiger partial charge in [0.25, 0.3) is 0 Å². The first-order chi connectivity index (χ1) is 7.42. The summed E-state index contributed by atoms with van der Waals surface area (Å²) in [5, 5.41) is 12.1. The third-order valence-corrected chi connectivity index (χ3v) is 3.34. The van der Waals surface area contributed by atoms with E-state index in [4.69, 9.17) is 5.11 Å². The van der Waals surface area contributed by atoms with Crippen LogP contribution in [0.5, 0.6) is 0 Å². The molecule has 1 amide bonds. The van der Waals surface area contributed by atoms with Crippen molar-refractivity contribution in [2.24, 2.45) is 5.92 Å². The number of carboxylic acids is 1. The Hall–Kier alpha value is -1.10. The Morgan fingerprint density at radius 3 is 2.62 bits per heavy atom. The maximum atomic E-state index is 12.2. The number of hydrogen-bond acceptors (Lipinski definition) is 3. The molecule has 16 heavy (non-hydrogen) atoms. The molecule has 5 heteroatoms. The van der Waals surface area contributed by atoms with Crippen molar-refractivity contribution in [1.82, 2.24) is 10.2 Å². The van der Waals surface area contributed by atoms with Crippen molar-refractivity contribution in [1.29, 1.82) is 0 Å². The topological polar surface area (TPSA) is 69.6 Å². The molecule has 1 atom stereocenters. The molecular formula is C11H18N2O3. The lowest BCUT2D eigenvalue weighted by Crippen LogP contribution is -2.52. The molecule has 90 valence electrons. The maximum absolute atomic E-state index is 12.2. The Balaban J connectivity index is 2.19. The van der Waals surface area contributed by atoms with Crippen LogP contribution in [0.15, 0.2) is 0 Å². The third kappa shape index (κ3) is 2.04. The number of nitrogens with zero attached hydrogens (tertiary/aromatic N) is 1. The van der Waals surface area contributed by atoms with E-state index >= 15 is 0 Å². The van der Waals surface area contributed by atoms with Gasteiger partial charge in [0, 0.05) is 19.1 Å². The molecule has 0 bridgehead atoms. The third-order valence-electron chi connectivity index (χ3n) is 3.34. The van der Waals surface area contributed by atoms with Gasteiger partial charge in [-0.15, -0.1) is 0 Å². The van der Waals surface area contributed by atoms with Crippen molar-refractivity contribution in [2.75, 3.05) is 13.1 Å². The fraction of sp³-hybridized carbons (Fsp3) is 0.818. The number of carboxylic acid groups (broad SMARTS) is 1. The van der Waals surface area contributed by atoms with E-state index in [1.807, 2.05) is 13.8 Å². The molecule has 5 nitrogen and oxygen atoms in total. The number of aliphatic carboxylic acids is 1. The first-order valence-electron chi connectivity index (χ1n) is 5.71. The van der Waals surface area contributed by atoms with Crippen LogP contribution in [0, 0.1) is 5.92 Å². The van der Waals surface area contributed by atoms with Gasteiger partial charge in [-0.05, 0) is 26.7 Å². The first-order valence-corrected chi connectivity index (χ1v) is 5.71. The second-order valence-corrected chi connectivity index (χ2v) is 5.23. The molecule has 1 aliphatic heterocycles. The SMILES string of the molecule is CC1(C)NCC(C(=O)O)CN(C2CC2)C1=O. The van der Waals surface area contributed by atoms with E-state index in [1.165, 1.54) is 0 Å². The van der Waals surface area contributed by atoms with Crippen LogP contribution in [0.1, 0.15) is 26.7 Å². The Bertz CT molecular complexity index is 323. The molecule has 1 saturated heterocycles. The second kappa shape index (κ2) is 3.73. The van der Waals surface area contributed by atoms with Crippen molar-refractivity contribution in [3.63, 3.8) is 0 Å². The highest BCUT2D eigenvalue weighted by molar-refractivity contribution is 5.87. The highest BCUT2D eigenvalue weighted by Crippen LogP contribution is 2.30. The number of carbonyl (C=O) groups is 2. The van der Waals surface area contributed by atoms with Crippen LogP contribution in [0.4, 0.5) is 0 Å². The molecule has 2 aliphatic rings. The van der Waals surface area contributed by atoms with E-state index in [2.05, 4.69) is 5.32 Å². The molecular weight excluding hydrogens is 208 g/mol. The molecule has 0 aromatic carbocycles. The number of rotatable bonds is 2. The van der Waals surface area contributed by atoms with Crippen LogP contribution in [-0.2, 0) is 9.59 Å². The fourth-order valence-electron chi connectivity index (χ4n) is 2.06. The summed E-state index contributed by atoms with van der Waals surface area (Å²) in [6, 6.07) is 0.272. The zero-order valence-electron chi connectivity index (χ0n) is 9.69. The second-order valence-electron chi connectivity index (χ2n) is 5.23. The summed E-state index contributed by atoms with van der Waals surface area (Å²) in [5.74, 6) is -1.30. The smallest absolute Gasteiger partial charge is 0.309 e. The molecule has 0 aromatic rings. The van der Waals surface area contributed by atoms with Crippen molar-refractivity contribution < 1.29 is 14.7 Å². The van der Waals surface area contributed by atoms with Crippen LogP contribution in [0.2, 0.25) is 0 Å². The van der Waals surface area contributed by atoms with E-state index in [0.29, 0.717) is 13.1 Å². The van der Waals surface area contributed by atoms with Gasteiger partial charge in [-0.3, -0.25) is 9.59 Å². The molecule has 1 saturated carbocycles. The Labute approximate surface area is 94.8 Å². The molecule has 0 radical (unpaired) electrons. The monoisotopic (exact) mass is 226 g/mol. The van der Waals surface area contributed by atoms with Gasteiger partial charge < -0.3 is 15.3 Å². The van der Waals surface area contributed by atoms with Gasteiger partial charge >= 0.3 is 5.97 Å². The Morgan fingerprint density at radius 1 is 1.50 bits per heavy atom. The van der Waals surface area contributed by atoms with Crippen LogP contribution in [-0.4, -0.2) is 46.6 Å². The summed E-state index contributed by atoms with van der Waals surface area (Å²) in [4.78, 5) is 25.0. The summed E-state index contributed by atoms with van der Waals surface area (Å²) in [5.41, 5.74) is -0.646. The van der Waals surface area contributed by atoms with Crippen LogP contribution in [0.3, 0.4) is 0 Å². The fourth-order valence-corrected chi connectivity index (χ4v) is 2.06. The van der Waals surface area contributed by atoms with Gasteiger partial charge in [-0.1, -0.05) is 0 Å². The minimum absolute atomic E-state index is 0.0266. The van der Waals surface area contributed by atoms with E-state index in [0.717, 1.165) is 12.8 Å². The summed E-state index contributed by atoms with van der Waals surface area (Å²) >= 11 is 0. The highest BCUT2D eigenvalue weighted by atomic mass is 16.4. The standard InChI is InChI=1S/C11H18N2O3/c1-11(2)10(16)13(8-3-4-8)6-7(5-12-11)9(14)15/h7-8,12H,3-6H2,1-2H3,(H,14,15). The molecule has 2 rings (SSSR count). The van der Waals surface area contributed by atoms with E-state index in [9.17, 15) is 9.59 Å². The van der Waals surface area contributed by atoms with Crippen LogP contribution in [0.25, 0.3) is 0 Å². The Morgan fingerprint density at radius 2 is 2.12 bits per heavy atom. The minimum atomic E-state index is -0.830. The zero-order chi connectivity index (χ0) is 11.9. The number of hydrogen-bond donors (Lipinski definition) is 2.